The van der Waals surface area contributed by atoms with Crippen LogP contribution in [-0.2, 0) is 12.8 Å². The second kappa shape index (κ2) is 27.1. The van der Waals surface area contributed by atoms with Crippen LogP contribution in [0, 0.1) is 0 Å². The maximum atomic E-state index is 12.4. The molecule has 0 saturated carbocycles. The maximum absolute atomic E-state index is 12.4. The second-order valence-electron chi connectivity index (χ2n) is 12.7. The number of hydrogen-bond donors (Lipinski definition) is 2. The van der Waals surface area contributed by atoms with E-state index in [1.807, 2.05) is 36.4 Å². The van der Waals surface area contributed by atoms with Gasteiger partial charge in [0, 0.05) is 13.1 Å². The fourth-order valence-corrected chi connectivity index (χ4v) is 5.77. The minimum absolute atomic E-state index is 0.393. The Morgan fingerprint density at radius 3 is 1.17 bits per heavy atom. The molecule has 0 saturated heterocycles. The third-order valence-electron chi connectivity index (χ3n) is 8.59. The Balaban J connectivity index is 1.51. The summed E-state index contributed by atoms with van der Waals surface area (Å²) in [4.78, 5) is 24.8. The van der Waals surface area contributed by atoms with Crippen LogP contribution in [0.25, 0.3) is 0 Å². The van der Waals surface area contributed by atoms with Crippen LogP contribution in [0.4, 0.5) is 9.59 Å². The Kier molecular flexibility index (Phi) is 23.1. The minimum atomic E-state index is -0.393. The largest absolute Gasteiger partial charge is 0.412 e. The number of para-hydroxylation sites is 2. The van der Waals surface area contributed by atoms with Gasteiger partial charge in [-0.3, -0.25) is 0 Å². The monoisotopic (exact) mass is 636 g/mol. The Morgan fingerprint density at radius 1 is 0.457 bits per heavy atom. The van der Waals surface area contributed by atoms with Crippen molar-refractivity contribution in [2.75, 3.05) is 13.1 Å². The topological polar surface area (TPSA) is 76.7 Å². The number of amides is 2. The molecule has 6 heteroatoms. The predicted molar refractivity (Wildman–Crippen MR) is 192 cm³/mol. The summed E-state index contributed by atoms with van der Waals surface area (Å²) in [6, 6.07) is 15.7. The number of nitrogens with one attached hydrogen (secondary N) is 2. The highest BCUT2D eigenvalue weighted by molar-refractivity contribution is 5.71. The molecule has 0 fully saturated rings. The molecule has 0 atom stereocenters. The summed E-state index contributed by atoms with van der Waals surface area (Å²) in [5, 5.41) is 5.76. The third kappa shape index (κ3) is 19.5. The van der Waals surface area contributed by atoms with E-state index in [9.17, 15) is 9.59 Å². The highest BCUT2D eigenvalue weighted by Gasteiger charge is 2.10. The number of unbranched alkanes of at least 4 members (excludes halogenated alkanes) is 17. The van der Waals surface area contributed by atoms with Gasteiger partial charge in [0.1, 0.15) is 11.5 Å². The molecule has 0 aliphatic heterocycles. The first-order chi connectivity index (χ1) is 22.6. The molecule has 0 aliphatic rings. The molecule has 0 unspecified atom stereocenters. The quantitative estimate of drug-likeness (QED) is 0.0957. The van der Waals surface area contributed by atoms with Crippen LogP contribution in [0.2, 0.25) is 0 Å². The Morgan fingerprint density at radius 2 is 0.783 bits per heavy atom. The standard InChI is InChI=1S/C40H64N2O4/c1-3-5-7-9-11-13-15-19-27-35-29-21-23-31-37(35)45-39(43)41-33-25-17-18-26-34-42-40(44)46-38-32-24-22-30-36(38)28-20-16-14-12-10-8-6-4-2/h21-24,29-32H,3-20,25-28,33-34H2,1-2H3,(H,41,43)(H,42,44). The lowest BCUT2D eigenvalue weighted by atomic mass is 10.0. The van der Waals surface area contributed by atoms with E-state index >= 15 is 0 Å². The van der Waals surface area contributed by atoms with E-state index in [4.69, 9.17) is 9.47 Å². The zero-order chi connectivity index (χ0) is 32.9. The third-order valence-corrected chi connectivity index (χ3v) is 8.59. The maximum Gasteiger partial charge on any atom is 0.412 e. The van der Waals surface area contributed by atoms with Crippen molar-refractivity contribution in [3.8, 4) is 11.5 Å². The molecule has 0 heterocycles. The Labute approximate surface area is 280 Å². The molecule has 2 N–H and O–H groups in total. The summed E-state index contributed by atoms with van der Waals surface area (Å²) in [6.07, 6.45) is 25.3. The summed E-state index contributed by atoms with van der Waals surface area (Å²) in [6.45, 7) is 5.65. The molecule has 0 spiro atoms. The highest BCUT2D eigenvalue weighted by atomic mass is 16.6. The smallest absolute Gasteiger partial charge is 0.410 e. The van der Waals surface area contributed by atoms with Crippen molar-refractivity contribution in [3.05, 3.63) is 59.7 Å². The van der Waals surface area contributed by atoms with E-state index in [1.165, 1.54) is 89.9 Å². The first-order valence-corrected chi connectivity index (χ1v) is 18.7. The zero-order valence-electron chi connectivity index (χ0n) is 29.2. The van der Waals surface area contributed by atoms with Crippen molar-refractivity contribution >= 4 is 12.2 Å². The first-order valence-electron chi connectivity index (χ1n) is 18.7. The normalized spacial score (nSPS) is 10.9. The zero-order valence-corrected chi connectivity index (χ0v) is 29.2. The molecular formula is C40H64N2O4. The molecule has 0 aliphatic carbocycles. The van der Waals surface area contributed by atoms with Crippen molar-refractivity contribution in [2.24, 2.45) is 0 Å². The molecule has 258 valence electrons. The SMILES string of the molecule is CCCCCCCCCCc1ccccc1OC(=O)NCCCCCCNC(=O)Oc1ccccc1CCCCCCCCCC. The second-order valence-corrected chi connectivity index (χ2v) is 12.7. The molecule has 0 bridgehead atoms. The van der Waals surface area contributed by atoms with Crippen LogP contribution in [0.5, 0.6) is 11.5 Å². The molecule has 6 nitrogen and oxygen atoms in total. The fraction of sp³-hybridized carbons (Fsp3) is 0.650. The van der Waals surface area contributed by atoms with Gasteiger partial charge in [0.05, 0.1) is 0 Å². The molecule has 0 radical (unpaired) electrons. The van der Waals surface area contributed by atoms with E-state index in [0.29, 0.717) is 24.6 Å². The fourth-order valence-electron chi connectivity index (χ4n) is 5.77. The van der Waals surface area contributed by atoms with E-state index in [1.54, 1.807) is 0 Å². The number of carbonyl (C=O) groups excluding carboxylic acids is 2. The van der Waals surface area contributed by atoms with E-state index < -0.39 is 12.2 Å². The van der Waals surface area contributed by atoms with Crippen molar-refractivity contribution in [2.45, 2.75) is 155 Å². The molecule has 46 heavy (non-hydrogen) atoms. The van der Waals surface area contributed by atoms with Crippen LogP contribution in [0.15, 0.2) is 48.5 Å². The summed E-state index contributed by atoms with van der Waals surface area (Å²) in [7, 11) is 0. The van der Waals surface area contributed by atoms with Crippen molar-refractivity contribution in [1.29, 1.82) is 0 Å². The molecule has 2 aromatic rings. The molecule has 2 rings (SSSR count). The van der Waals surface area contributed by atoms with Gasteiger partial charge in [0.2, 0.25) is 0 Å². The summed E-state index contributed by atoms with van der Waals surface area (Å²) in [5.41, 5.74) is 2.20. The number of benzene rings is 2. The number of aryl methyl sites for hydroxylation is 2. The van der Waals surface area contributed by atoms with Gasteiger partial charge in [0.25, 0.3) is 0 Å². The van der Waals surface area contributed by atoms with Crippen LogP contribution >= 0.6 is 0 Å². The van der Waals surface area contributed by atoms with E-state index in [2.05, 4.69) is 36.6 Å². The van der Waals surface area contributed by atoms with Gasteiger partial charge in [-0.25, -0.2) is 9.59 Å². The molecular weight excluding hydrogens is 572 g/mol. The average Bonchev–Trinajstić information content (AvgIpc) is 3.06. The predicted octanol–water partition coefficient (Wildman–Crippen LogP) is 11.5. The number of carbonyl (C=O) groups is 2. The van der Waals surface area contributed by atoms with Crippen LogP contribution in [0.3, 0.4) is 0 Å². The van der Waals surface area contributed by atoms with Crippen LogP contribution in [-0.4, -0.2) is 25.3 Å². The van der Waals surface area contributed by atoms with E-state index in [0.717, 1.165) is 62.5 Å². The Bertz CT molecular complexity index is 974. The first kappa shape index (κ1) is 39.2. The molecule has 2 amide bonds. The van der Waals surface area contributed by atoms with E-state index in [-0.39, 0.29) is 0 Å². The number of hydrogen-bond acceptors (Lipinski definition) is 4. The van der Waals surface area contributed by atoms with Crippen molar-refractivity contribution in [3.63, 3.8) is 0 Å². The van der Waals surface area contributed by atoms with Gasteiger partial charge in [-0.15, -0.1) is 0 Å². The Hall–Kier alpha value is -3.02. The minimum Gasteiger partial charge on any atom is -0.410 e. The highest BCUT2D eigenvalue weighted by Crippen LogP contribution is 2.22. The van der Waals surface area contributed by atoms with Gasteiger partial charge >= 0.3 is 12.2 Å². The lowest BCUT2D eigenvalue weighted by Gasteiger charge is -2.11. The molecule has 2 aromatic carbocycles. The van der Waals surface area contributed by atoms with Gasteiger partial charge in [-0.2, -0.15) is 0 Å². The number of rotatable bonds is 27. The summed E-state index contributed by atoms with van der Waals surface area (Å²) < 4.78 is 11.3. The average molecular weight is 637 g/mol. The van der Waals surface area contributed by atoms with Gasteiger partial charge in [-0.1, -0.05) is 153 Å². The van der Waals surface area contributed by atoms with Gasteiger partial charge < -0.3 is 20.1 Å². The van der Waals surface area contributed by atoms with Crippen molar-refractivity contribution < 1.29 is 19.1 Å². The number of ether oxygens (including phenoxy) is 2. The lowest BCUT2D eigenvalue weighted by molar-refractivity contribution is 0.198. The van der Waals surface area contributed by atoms with Crippen LogP contribution < -0.4 is 20.1 Å². The molecule has 0 aromatic heterocycles. The summed E-state index contributed by atoms with van der Waals surface area (Å²) in [5.74, 6) is 1.33. The van der Waals surface area contributed by atoms with Gasteiger partial charge in [0.15, 0.2) is 0 Å². The summed E-state index contributed by atoms with van der Waals surface area (Å²) >= 11 is 0. The van der Waals surface area contributed by atoms with Crippen LogP contribution in [0.1, 0.15) is 153 Å². The van der Waals surface area contributed by atoms with Crippen molar-refractivity contribution in [1.82, 2.24) is 10.6 Å². The van der Waals surface area contributed by atoms with Gasteiger partial charge in [-0.05, 0) is 61.8 Å². The lowest BCUT2D eigenvalue weighted by Crippen LogP contribution is -2.28.